The number of hydrogen-bond acceptors (Lipinski definition) is 19. The smallest absolute Gasteiger partial charge is 0.338 e. The molecular weight excluding hydrogens is 1430 g/mol. The number of ether oxygens (including phenoxy) is 16. The van der Waals surface area contributed by atoms with Crippen LogP contribution in [-0.4, -0.2) is 134 Å². The van der Waals surface area contributed by atoms with Crippen molar-refractivity contribution in [3.63, 3.8) is 0 Å². The number of benzene rings is 9. The van der Waals surface area contributed by atoms with E-state index in [4.69, 9.17) is 116 Å². The fourth-order valence-electron chi connectivity index (χ4n) is 12.8. The standard InChI is InChI=1S/C85H86Cl3NO18/c1-58(90)101-78-75(98-53-65-41-23-8-24-42-65)72(95-50-62-35-17-5-18-36-62)69(56-93-48-60-31-13-3-14-32-60)103-82(78)106-77-74(97-52-64-39-21-7-22-40-64)71(94-49-61-33-15-4-16-34-61)68(55-92-47-59-29-11-2-12-30-59)102-81(77)100-57-70-73(96-51-63-37-19-6-20-38-63)76(99-54-66-43-25-9-26-44-66)79(83(104-70)107-84(89)85(86,87)88)105-80(91)67-45-27-10-28-46-67/h2-46,68-79,81-83,89H,47-57H2,1H3/t68-,69-,70-,71-,72-,73-,74+,75+,76+,77+,78+,79+,81+,82-,83-/m1/s1. The Hall–Kier alpha value is -8.26. The SMILES string of the molecule is CC(=O)O[C@@H]1[C@@H](O[C@@H]2[C@@H](OC[C@H]3O[C@H](OC(=N)C(Cl)(Cl)Cl)[C@@H](OC(=O)c4ccccc4)[C@@H](OCc4ccccc4)[C@@H]3OCc3ccccc3)O[C@H](COCc3ccccc3)[C@@H](OCc3ccccc3)[C@@H]2OCc2ccccc2)O[C@H](COCc2ccccc2)[C@@H](OCc2ccccc2)[C@@H]1OCc1ccccc1. The summed E-state index contributed by atoms with van der Waals surface area (Å²) in [6, 6.07) is 85.1. The van der Waals surface area contributed by atoms with E-state index >= 15 is 0 Å². The van der Waals surface area contributed by atoms with Crippen molar-refractivity contribution in [1.29, 1.82) is 5.41 Å². The molecule has 1 N–H and O–H groups in total. The Morgan fingerprint density at radius 1 is 0.318 bits per heavy atom. The molecule has 3 heterocycles. The molecule has 0 saturated carbocycles. The van der Waals surface area contributed by atoms with Crippen LogP contribution in [0, 0.1) is 5.41 Å². The molecule has 22 heteroatoms. The molecule has 0 unspecified atom stereocenters. The number of carbonyl (C=O) groups is 2. The highest BCUT2D eigenvalue weighted by atomic mass is 35.6. The van der Waals surface area contributed by atoms with Crippen molar-refractivity contribution in [3.05, 3.63) is 323 Å². The summed E-state index contributed by atoms with van der Waals surface area (Å²) in [4.78, 5) is 28.5. The highest BCUT2D eigenvalue weighted by molar-refractivity contribution is 6.76. The first-order valence-corrected chi connectivity index (χ1v) is 36.6. The number of hydrogen-bond donors (Lipinski definition) is 1. The highest BCUT2D eigenvalue weighted by Crippen LogP contribution is 2.40. The van der Waals surface area contributed by atoms with E-state index in [2.05, 4.69) is 0 Å². The topological polar surface area (TPSA) is 206 Å². The average molecular weight is 1520 g/mol. The van der Waals surface area contributed by atoms with Gasteiger partial charge in [0.25, 0.3) is 3.79 Å². The molecule has 15 atom stereocenters. The summed E-state index contributed by atoms with van der Waals surface area (Å²) in [7, 11) is 0. The van der Waals surface area contributed by atoms with Gasteiger partial charge in [-0.2, -0.15) is 0 Å². The van der Waals surface area contributed by atoms with Crippen LogP contribution in [0.3, 0.4) is 0 Å². The minimum absolute atomic E-state index is 0.00672. The van der Waals surface area contributed by atoms with Crippen LogP contribution in [0.1, 0.15) is 61.8 Å². The van der Waals surface area contributed by atoms with Gasteiger partial charge >= 0.3 is 11.9 Å². The van der Waals surface area contributed by atoms with E-state index in [0.29, 0.717) is 0 Å². The predicted molar refractivity (Wildman–Crippen MR) is 399 cm³/mol. The van der Waals surface area contributed by atoms with Gasteiger partial charge in [-0.15, -0.1) is 0 Å². The molecule has 3 aliphatic rings. The lowest BCUT2D eigenvalue weighted by Gasteiger charge is -2.50. The lowest BCUT2D eigenvalue weighted by atomic mass is 9.95. The van der Waals surface area contributed by atoms with Gasteiger partial charge in [0, 0.05) is 6.92 Å². The summed E-state index contributed by atoms with van der Waals surface area (Å²) in [5.74, 6) is -2.33. The van der Waals surface area contributed by atoms with E-state index in [9.17, 15) is 9.59 Å². The largest absolute Gasteiger partial charge is 0.454 e. The number of carbonyl (C=O) groups excluding carboxylic acids is 2. The molecule has 0 spiro atoms. The second-order valence-corrected chi connectivity index (χ2v) is 28.2. The maximum atomic E-state index is 14.5. The molecule has 0 amide bonds. The fourth-order valence-corrected chi connectivity index (χ4v) is 12.9. The summed E-state index contributed by atoms with van der Waals surface area (Å²) >= 11 is 19.3. The van der Waals surface area contributed by atoms with E-state index in [0.717, 1.165) is 44.5 Å². The number of esters is 2. The van der Waals surface area contributed by atoms with E-state index in [1.54, 1.807) is 30.3 Å². The molecule has 3 saturated heterocycles. The Morgan fingerprint density at radius 2 is 0.598 bits per heavy atom. The van der Waals surface area contributed by atoms with Crippen LogP contribution in [0.25, 0.3) is 0 Å². The Bertz CT molecular complexity index is 4080. The Kier molecular flexibility index (Phi) is 29.5. The minimum Gasteiger partial charge on any atom is -0.454 e. The average Bonchev–Trinajstić information content (AvgIpc) is 0.769. The van der Waals surface area contributed by atoms with E-state index in [1.807, 2.05) is 243 Å². The van der Waals surface area contributed by atoms with E-state index in [-0.39, 0.29) is 71.6 Å². The molecule has 0 aromatic heterocycles. The van der Waals surface area contributed by atoms with Gasteiger partial charge in [-0.05, 0) is 56.6 Å². The predicted octanol–water partition coefficient (Wildman–Crippen LogP) is 15.0. The maximum absolute atomic E-state index is 14.5. The number of halogens is 3. The van der Waals surface area contributed by atoms with Crippen LogP contribution in [0.5, 0.6) is 0 Å². The lowest BCUT2D eigenvalue weighted by molar-refractivity contribution is -0.384. The quantitative estimate of drug-likeness (QED) is 0.0170. The molecule has 3 fully saturated rings. The van der Waals surface area contributed by atoms with Crippen molar-refractivity contribution in [3.8, 4) is 0 Å². The van der Waals surface area contributed by atoms with Crippen molar-refractivity contribution < 1.29 is 85.4 Å². The molecule has 9 aromatic carbocycles. The van der Waals surface area contributed by atoms with Crippen LogP contribution in [-0.2, 0) is 133 Å². The van der Waals surface area contributed by atoms with Gasteiger partial charge in [0.1, 0.15) is 61.0 Å². The first-order chi connectivity index (χ1) is 52.3. The summed E-state index contributed by atoms with van der Waals surface area (Å²) in [5, 5.41) is 9.03. The zero-order valence-corrected chi connectivity index (χ0v) is 61.2. The third-order valence-corrected chi connectivity index (χ3v) is 18.5. The Labute approximate surface area is 638 Å². The zero-order valence-electron chi connectivity index (χ0n) is 58.9. The molecular formula is C85H86Cl3NO18. The van der Waals surface area contributed by atoms with Crippen LogP contribution in [0.2, 0.25) is 0 Å². The van der Waals surface area contributed by atoms with Gasteiger partial charge in [-0.1, -0.05) is 296 Å². The molecule has 12 rings (SSSR count). The van der Waals surface area contributed by atoms with Gasteiger partial charge in [0.2, 0.25) is 12.2 Å². The molecule has 0 aliphatic carbocycles. The fraction of sp³-hybridized carbons (Fsp3) is 0.329. The van der Waals surface area contributed by atoms with Crippen molar-refractivity contribution >= 4 is 52.6 Å². The van der Waals surface area contributed by atoms with Crippen molar-refractivity contribution in [2.75, 3.05) is 19.8 Å². The van der Waals surface area contributed by atoms with Crippen molar-refractivity contribution in [1.82, 2.24) is 0 Å². The summed E-state index contributed by atoms with van der Waals surface area (Å²) in [5.41, 5.74) is 6.81. The first-order valence-electron chi connectivity index (χ1n) is 35.5. The third kappa shape index (κ3) is 23.1. The van der Waals surface area contributed by atoms with Crippen LogP contribution in [0.4, 0.5) is 0 Å². The highest BCUT2D eigenvalue weighted by Gasteiger charge is 2.57. The zero-order chi connectivity index (χ0) is 74.0. The molecule has 107 heavy (non-hydrogen) atoms. The molecule has 19 nitrogen and oxygen atoms in total. The summed E-state index contributed by atoms with van der Waals surface area (Å²) < 4.78 is 109. The van der Waals surface area contributed by atoms with Gasteiger partial charge in [0.15, 0.2) is 24.8 Å². The maximum Gasteiger partial charge on any atom is 0.338 e. The van der Waals surface area contributed by atoms with E-state index < -0.39 is 120 Å². The van der Waals surface area contributed by atoms with Gasteiger partial charge in [0.05, 0.1) is 78.2 Å². The van der Waals surface area contributed by atoms with Crippen LogP contribution >= 0.6 is 34.8 Å². The van der Waals surface area contributed by atoms with Gasteiger partial charge in [-0.25, -0.2) is 4.79 Å². The normalized spacial score (nSPS) is 24.4. The Morgan fingerprint density at radius 3 is 0.935 bits per heavy atom. The second kappa shape index (κ2) is 40.3. The summed E-state index contributed by atoms with van der Waals surface area (Å²) in [6.45, 7) is 1.21. The third-order valence-electron chi connectivity index (χ3n) is 18.0. The van der Waals surface area contributed by atoms with Crippen LogP contribution in [0.15, 0.2) is 273 Å². The summed E-state index contributed by atoms with van der Waals surface area (Å²) in [6.07, 6.45) is -19.4. The molecule has 9 aromatic rings. The van der Waals surface area contributed by atoms with E-state index in [1.165, 1.54) is 6.92 Å². The molecule has 0 radical (unpaired) electrons. The van der Waals surface area contributed by atoms with Crippen molar-refractivity contribution in [2.24, 2.45) is 0 Å². The van der Waals surface area contributed by atoms with Gasteiger partial charge in [-0.3, -0.25) is 10.2 Å². The number of rotatable bonds is 35. The number of alkyl halides is 3. The van der Waals surface area contributed by atoms with Crippen LogP contribution < -0.4 is 0 Å². The Balaban J connectivity index is 0.985. The minimum atomic E-state index is -2.44. The lowest BCUT2D eigenvalue weighted by Crippen LogP contribution is -2.67. The molecule has 560 valence electrons. The first kappa shape index (κ1) is 78.3. The monoisotopic (exact) mass is 1510 g/mol. The second-order valence-electron chi connectivity index (χ2n) is 25.9. The van der Waals surface area contributed by atoms with Gasteiger partial charge < -0.3 is 75.8 Å². The molecule has 3 aliphatic heterocycles. The van der Waals surface area contributed by atoms with Crippen molar-refractivity contribution in [2.45, 2.75) is 156 Å². The molecule has 0 bridgehead atoms. The number of nitrogens with one attached hydrogen (secondary N) is 1.